The molecular formula is C22H31N5OS. The van der Waals surface area contributed by atoms with Crippen molar-refractivity contribution >= 4 is 28.4 Å². The summed E-state index contributed by atoms with van der Waals surface area (Å²) in [6.07, 6.45) is 2.69. The molecule has 0 saturated heterocycles. The molecule has 7 heteroatoms. The van der Waals surface area contributed by atoms with Crippen molar-refractivity contribution in [2.45, 2.75) is 58.8 Å². The summed E-state index contributed by atoms with van der Waals surface area (Å²) in [6, 6.07) is 7.95. The minimum Gasteiger partial charge on any atom is -0.361 e. The maximum atomic E-state index is 12.3. The Labute approximate surface area is 176 Å². The largest absolute Gasteiger partial charge is 0.361 e. The molecule has 3 rings (SSSR count). The molecule has 0 aliphatic carbocycles. The fourth-order valence-corrected chi connectivity index (χ4v) is 4.31. The highest BCUT2D eigenvalue weighted by Crippen LogP contribution is 2.27. The number of carbonyl (C=O) groups is 1. The van der Waals surface area contributed by atoms with Gasteiger partial charge in [-0.25, -0.2) is 0 Å². The molecule has 0 radical (unpaired) electrons. The van der Waals surface area contributed by atoms with Crippen LogP contribution in [0.3, 0.4) is 0 Å². The lowest BCUT2D eigenvalue weighted by Crippen LogP contribution is -2.23. The van der Waals surface area contributed by atoms with Crippen molar-refractivity contribution in [3.05, 3.63) is 41.9 Å². The zero-order chi connectivity index (χ0) is 21.2. The van der Waals surface area contributed by atoms with E-state index in [4.69, 9.17) is 5.73 Å². The van der Waals surface area contributed by atoms with E-state index >= 15 is 0 Å². The Kier molecular flexibility index (Phi) is 6.49. The van der Waals surface area contributed by atoms with Crippen LogP contribution in [0.1, 0.15) is 52.0 Å². The first-order valence-electron chi connectivity index (χ1n) is 10.1. The van der Waals surface area contributed by atoms with E-state index in [0.29, 0.717) is 18.1 Å². The molecule has 0 aliphatic heterocycles. The van der Waals surface area contributed by atoms with E-state index < -0.39 is 0 Å². The lowest BCUT2D eigenvalue weighted by Gasteiger charge is -2.18. The molecular weight excluding hydrogens is 382 g/mol. The average Bonchev–Trinajstić information content (AvgIpc) is 3.23. The number of H-pyrrole nitrogens is 1. The van der Waals surface area contributed by atoms with Crippen LogP contribution in [0.5, 0.6) is 0 Å². The van der Waals surface area contributed by atoms with Gasteiger partial charge < -0.3 is 15.3 Å². The van der Waals surface area contributed by atoms with Gasteiger partial charge in [-0.3, -0.25) is 4.79 Å². The molecule has 1 atom stereocenters. The number of para-hydroxylation sites is 1. The van der Waals surface area contributed by atoms with Crippen molar-refractivity contribution in [3.63, 3.8) is 0 Å². The van der Waals surface area contributed by atoms with Crippen LogP contribution >= 0.6 is 11.8 Å². The van der Waals surface area contributed by atoms with Gasteiger partial charge in [0.1, 0.15) is 5.78 Å². The first kappa shape index (κ1) is 21.6. The molecule has 2 aromatic heterocycles. The van der Waals surface area contributed by atoms with Gasteiger partial charge in [0.15, 0.2) is 11.0 Å². The molecule has 2 heterocycles. The standard InChI is InChI=1S/C22H31N5OS/c1-14(2)12-27-20(25-26-21(27)29-13-19(28)22(3,4)5)17(23)10-15-11-24-18-9-7-6-8-16(15)18/h6-9,11,14,17,24H,10,12-13,23H2,1-5H3/t17-/m0/s1. The van der Waals surface area contributed by atoms with Crippen LogP contribution in [0.2, 0.25) is 0 Å². The lowest BCUT2D eigenvalue weighted by molar-refractivity contribution is -0.123. The minimum atomic E-state index is -0.357. The number of thioether (sulfide) groups is 1. The van der Waals surface area contributed by atoms with E-state index in [-0.39, 0.29) is 17.2 Å². The van der Waals surface area contributed by atoms with Crippen molar-refractivity contribution < 1.29 is 4.79 Å². The normalized spacial score (nSPS) is 13.3. The molecule has 3 N–H and O–H groups in total. The summed E-state index contributed by atoms with van der Waals surface area (Å²) in [5.74, 6) is 1.78. The highest BCUT2D eigenvalue weighted by Gasteiger charge is 2.24. The van der Waals surface area contributed by atoms with Crippen LogP contribution in [-0.4, -0.2) is 31.3 Å². The van der Waals surface area contributed by atoms with Gasteiger partial charge in [0.2, 0.25) is 0 Å². The summed E-state index contributed by atoms with van der Waals surface area (Å²) in [5.41, 5.74) is 8.50. The Hall–Kier alpha value is -2.12. The van der Waals surface area contributed by atoms with Gasteiger partial charge in [-0.1, -0.05) is 64.6 Å². The highest BCUT2D eigenvalue weighted by molar-refractivity contribution is 7.99. The Balaban J connectivity index is 1.82. The van der Waals surface area contributed by atoms with Crippen LogP contribution < -0.4 is 5.73 Å². The number of hydrogen-bond donors (Lipinski definition) is 2. The van der Waals surface area contributed by atoms with Crippen LogP contribution in [0.25, 0.3) is 10.9 Å². The number of hydrogen-bond acceptors (Lipinski definition) is 5. The number of nitrogens with two attached hydrogens (primary N) is 1. The SMILES string of the molecule is CC(C)Cn1c(SCC(=O)C(C)(C)C)nnc1[C@@H](N)Cc1c[nH]c2ccccc12. The third kappa shape index (κ3) is 5.08. The predicted molar refractivity (Wildman–Crippen MR) is 119 cm³/mol. The molecule has 1 aromatic carbocycles. The summed E-state index contributed by atoms with van der Waals surface area (Å²) in [5, 5.41) is 10.7. The number of carbonyl (C=O) groups excluding carboxylic acids is 1. The molecule has 0 spiro atoms. The fraction of sp³-hybridized carbons (Fsp3) is 0.500. The average molecular weight is 414 g/mol. The first-order valence-corrected chi connectivity index (χ1v) is 11.0. The molecule has 0 fully saturated rings. The van der Waals surface area contributed by atoms with Crippen LogP contribution in [0.4, 0.5) is 0 Å². The molecule has 0 saturated carbocycles. The summed E-state index contributed by atoms with van der Waals surface area (Å²) in [7, 11) is 0. The summed E-state index contributed by atoms with van der Waals surface area (Å²) in [6.45, 7) is 10.9. The summed E-state index contributed by atoms with van der Waals surface area (Å²) in [4.78, 5) is 15.6. The van der Waals surface area contributed by atoms with E-state index in [1.165, 1.54) is 22.7 Å². The second kappa shape index (κ2) is 8.71. The Bertz CT molecular complexity index is 983. The van der Waals surface area contributed by atoms with E-state index in [1.807, 2.05) is 39.1 Å². The van der Waals surface area contributed by atoms with Crippen molar-refractivity contribution in [2.24, 2.45) is 17.1 Å². The van der Waals surface area contributed by atoms with E-state index in [9.17, 15) is 4.79 Å². The maximum Gasteiger partial charge on any atom is 0.191 e. The number of aromatic nitrogens is 4. The smallest absolute Gasteiger partial charge is 0.191 e. The molecule has 29 heavy (non-hydrogen) atoms. The molecule has 0 unspecified atom stereocenters. The van der Waals surface area contributed by atoms with Gasteiger partial charge >= 0.3 is 0 Å². The molecule has 6 nitrogen and oxygen atoms in total. The van der Waals surface area contributed by atoms with Gasteiger partial charge in [-0.2, -0.15) is 0 Å². The van der Waals surface area contributed by atoms with Crippen LogP contribution in [0.15, 0.2) is 35.6 Å². The van der Waals surface area contributed by atoms with Crippen molar-refractivity contribution in [2.75, 3.05) is 5.75 Å². The Morgan fingerprint density at radius 3 is 2.66 bits per heavy atom. The first-order chi connectivity index (χ1) is 13.7. The molecule has 156 valence electrons. The number of ketones is 1. The Morgan fingerprint density at radius 2 is 1.97 bits per heavy atom. The minimum absolute atomic E-state index is 0.200. The number of nitrogens with zero attached hydrogens (tertiary/aromatic N) is 3. The van der Waals surface area contributed by atoms with Crippen LogP contribution in [-0.2, 0) is 17.8 Å². The highest BCUT2D eigenvalue weighted by atomic mass is 32.2. The van der Waals surface area contributed by atoms with Gasteiger partial charge in [0, 0.05) is 29.1 Å². The topological polar surface area (TPSA) is 89.6 Å². The third-order valence-corrected chi connectivity index (χ3v) is 5.88. The van der Waals surface area contributed by atoms with Crippen molar-refractivity contribution in [1.82, 2.24) is 19.7 Å². The fourth-order valence-electron chi connectivity index (χ4n) is 3.19. The van der Waals surface area contributed by atoms with Gasteiger partial charge in [-0.05, 0) is 24.0 Å². The van der Waals surface area contributed by atoms with Crippen LogP contribution in [0, 0.1) is 11.3 Å². The Morgan fingerprint density at radius 1 is 1.24 bits per heavy atom. The predicted octanol–water partition coefficient (Wildman–Crippen LogP) is 4.37. The number of aromatic amines is 1. The zero-order valence-electron chi connectivity index (χ0n) is 17.9. The number of Topliss-reactive ketones (excluding diaryl/α,β-unsaturated/α-hetero) is 1. The number of fused-ring (bicyclic) bond motifs is 1. The summed E-state index contributed by atoms with van der Waals surface area (Å²) >= 11 is 1.45. The summed E-state index contributed by atoms with van der Waals surface area (Å²) < 4.78 is 2.09. The maximum absolute atomic E-state index is 12.3. The van der Waals surface area contributed by atoms with E-state index in [0.717, 1.165) is 23.0 Å². The lowest BCUT2D eigenvalue weighted by atomic mass is 9.92. The monoisotopic (exact) mass is 413 g/mol. The van der Waals surface area contributed by atoms with Gasteiger partial charge in [0.25, 0.3) is 0 Å². The number of benzene rings is 1. The van der Waals surface area contributed by atoms with Crippen molar-refractivity contribution in [1.29, 1.82) is 0 Å². The van der Waals surface area contributed by atoms with Crippen molar-refractivity contribution in [3.8, 4) is 0 Å². The third-order valence-electron chi connectivity index (χ3n) is 4.91. The number of nitrogens with one attached hydrogen (secondary N) is 1. The number of rotatable bonds is 8. The zero-order valence-corrected chi connectivity index (χ0v) is 18.7. The van der Waals surface area contributed by atoms with Gasteiger partial charge in [0.05, 0.1) is 11.8 Å². The molecule has 3 aromatic rings. The molecule has 0 amide bonds. The second-order valence-corrected chi connectivity index (χ2v) is 9.92. The van der Waals surface area contributed by atoms with Gasteiger partial charge in [-0.15, -0.1) is 10.2 Å². The van der Waals surface area contributed by atoms with E-state index in [2.05, 4.69) is 45.7 Å². The molecule has 0 aliphatic rings. The molecule has 0 bridgehead atoms. The van der Waals surface area contributed by atoms with E-state index in [1.54, 1.807) is 0 Å². The second-order valence-electron chi connectivity index (χ2n) is 8.98. The quantitative estimate of drug-likeness (QED) is 0.535.